The van der Waals surface area contributed by atoms with E-state index >= 15 is 0 Å². The Morgan fingerprint density at radius 1 is 1.39 bits per heavy atom. The number of aromatic nitrogens is 1. The molecule has 122 valence electrons. The van der Waals surface area contributed by atoms with Crippen LogP contribution in [-0.4, -0.2) is 46.1 Å². The molecule has 23 heavy (non-hydrogen) atoms. The minimum atomic E-state index is -0.536. The lowest BCUT2D eigenvalue weighted by atomic mass is 9.97. The van der Waals surface area contributed by atoms with Gasteiger partial charge >= 0.3 is 0 Å². The van der Waals surface area contributed by atoms with Crippen LogP contribution >= 0.6 is 11.3 Å². The van der Waals surface area contributed by atoms with Crippen LogP contribution in [0.25, 0.3) is 10.2 Å². The zero-order valence-electron chi connectivity index (χ0n) is 12.8. The number of nitrogens with one attached hydrogen (secondary N) is 2. The number of rotatable bonds is 2. The fourth-order valence-electron chi connectivity index (χ4n) is 4.00. The van der Waals surface area contributed by atoms with Crippen molar-refractivity contribution in [2.24, 2.45) is 0 Å². The predicted octanol–water partition coefficient (Wildman–Crippen LogP) is 1.65. The van der Waals surface area contributed by atoms with Crippen molar-refractivity contribution in [3.8, 4) is 5.75 Å². The summed E-state index contributed by atoms with van der Waals surface area (Å²) in [6.45, 7) is 0. The molecule has 6 nitrogen and oxygen atoms in total. The third-order valence-electron chi connectivity index (χ3n) is 5.27. The van der Waals surface area contributed by atoms with E-state index in [2.05, 4.69) is 22.2 Å². The Kier molecular flexibility index (Phi) is 3.42. The zero-order chi connectivity index (χ0) is 16.1. The van der Waals surface area contributed by atoms with Gasteiger partial charge in [-0.15, -0.1) is 11.3 Å². The fraction of sp³-hybridized carbons (Fsp3) is 0.500. The maximum atomic E-state index is 12.5. The van der Waals surface area contributed by atoms with Crippen LogP contribution < -0.4 is 10.9 Å². The van der Waals surface area contributed by atoms with E-state index in [1.165, 1.54) is 24.2 Å². The summed E-state index contributed by atoms with van der Waals surface area (Å²) < 4.78 is 0. The Bertz CT molecular complexity index is 814. The van der Waals surface area contributed by atoms with Crippen molar-refractivity contribution in [3.05, 3.63) is 27.4 Å². The van der Waals surface area contributed by atoms with Gasteiger partial charge in [-0.25, -0.2) is 0 Å². The number of hydrogen-bond donors (Lipinski definition) is 3. The number of thiophene rings is 1. The SMILES string of the molecule is CN1C2CCC1CC(NC(=O)c1c(O)c3ccsc3[nH]c1=O)C2. The van der Waals surface area contributed by atoms with Crippen LogP contribution in [0, 0.1) is 0 Å². The van der Waals surface area contributed by atoms with Crippen molar-refractivity contribution in [1.29, 1.82) is 0 Å². The average molecular weight is 333 g/mol. The van der Waals surface area contributed by atoms with Gasteiger partial charge in [0.05, 0.1) is 5.39 Å². The molecule has 2 aliphatic rings. The second kappa shape index (κ2) is 5.35. The molecular weight excluding hydrogens is 314 g/mol. The Hall–Kier alpha value is -1.86. The Labute approximate surface area is 137 Å². The molecule has 3 N–H and O–H groups in total. The van der Waals surface area contributed by atoms with E-state index in [-0.39, 0.29) is 17.4 Å². The Morgan fingerprint density at radius 3 is 2.78 bits per heavy atom. The number of carbonyl (C=O) groups excluding carboxylic acids is 1. The van der Waals surface area contributed by atoms with Crippen molar-refractivity contribution in [1.82, 2.24) is 15.2 Å². The second-order valence-electron chi connectivity index (χ2n) is 6.53. The first-order chi connectivity index (χ1) is 11.0. The number of pyridine rings is 1. The molecule has 2 aliphatic heterocycles. The predicted molar refractivity (Wildman–Crippen MR) is 89.2 cm³/mol. The summed E-state index contributed by atoms with van der Waals surface area (Å²) in [7, 11) is 2.14. The van der Waals surface area contributed by atoms with E-state index in [9.17, 15) is 14.7 Å². The van der Waals surface area contributed by atoms with Crippen molar-refractivity contribution in [2.75, 3.05) is 7.05 Å². The third-order valence-corrected chi connectivity index (χ3v) is 6.10. The number of hydrogen-bond acceptors (Lipinski definition) is 5. The van der Waals surface area contributed by atoms with Crippen molar-refractivity contribution in [3.63, 3.8) is 0 Å². The zero-order valence-corrected chi connectivity index (χ0v) is 13.7. The van der Waals surface area contributed by atoms with Gasteiger partial charge in [0, 0.05) is 18.1 Å². The highest BCUT2D eigenvalue weighted by Crippen LogP contribution is 2.34. The smallest absolute Gasteiger partial charge is 0.265 e. The van der Waals surface area contributed by atoms with Crippen LogP contribution in [0.2, 0.25) is 0 Å². The summed E-state index contributed by atoms with van der Waals surface area (Å²) in [5.41, 5.74) is -0.715. The number of amides is 1. The number of aromatic hydroxyl groups is 1. The van der Waals surface area contributed by atoms with Gasteiger partial charge in [-0.1, -0.05) is 0 Å². The number of fused-ring (bicyclic) bond motifs is 3. The molecule has 2 fully saturated rings. The van der Waals surface area contributed by atoms with Crippen LogP contribution in [-0.2, 0) is 0 Å². The van der Waals surface area contributed by atoms with E-state index < -0.39 is 11.5 Å². The number of nitrogens with zero attached hydrogens (tertiary/aromatic N) is 1. The second-order valence-corrected chi connectivity index (χ2v) is 7.45. The molecule has 2 atom stereocenters. The van der Waals surface area contributed by atoms with Crippen LogP contribution in [0.3, 0.4) is 0 Å². The van der Waals surface area contributed by atoms with Gasteiger partial charge in [-0.3, -0.25) is 9.59 Å². The topological polar surface area (TPSA) is 85.4 Å². The Morgan fingerprint density at radius 2 is 2.09 bits per heavy atom. The number of aromatic amines is 1. The van der Waals surface area contributed by atoms with Gasteiger partial charge in [-0.05, 0) is 44.2 Å². The summed E-state index contributed by atoms with van der Waals surface area (Å²) in [5.74, 6) is -0.704. The van der Waals surface area contributed by atoms with Gasteiger partial charge in [0.1, 0.15) is 16.1 Å². The Balaban J connectivity index is 1.59. The molecule has 2 aromatic rings. The molecule has 4 rings (SSSR count). The lowest BCUT2D eigenvalue weighted by Gasteiger charge is -2.36. The molecule has 4 heterocycles. The van der Waals surface area contributed by atoms with E-state index in [1.54, 1.807) is 11.4 Å². The number of carbonyl (C=O) groups is 1. The molecule has 2 saturated heterocycles. The highest BCUT2D eigenvalue weighted by Gasteiger charge is 2.39. The van der Waals surface area contributed by atoms with E-state index in [4.69, 9.17) is 0 Å². The first-order valence-electron chi connectivity index (χ1n) is 7.90. The fourth-order valence-corrected chi connectivity index (χ4v) is 4.78. The van der Waals surface area contributed by atoms with E-state index in [0.717, 1.165) is 12.8 Å². The van der Waals surface area contributed by atoms with Gasteiger partial charge in [-0.2, -0.15) is 0 Å². The largest absolute Gasteiger partial charge is 0.506 e. The van der Waals surface area contributed by atoms with E-state index in [1.807, 2.05) is 0 Å². The lowest BCUT2D eigenvalue weighted by Crippen LogP contribution is -2.49. The van der Waals surface area contributed by atoms with Crippen LogP contribution in [0.5, 0.6) is 5.75 Å². The summed E-state index contributed by atoms with van der Waals surface area (Å²) in [6, 6.07) is 2.78. The summed E-state index contributed by atoms with van der Waals surface area (Å²) in [4.78, 5) is 30.3. The molecular formula is C16H19N3O3S. The van der Waals surface area contributed by atoms with Gasteiger partial charge in [0.2, 0.25) is 0 Å². The lowest BCUT2D eigenvalue weighted by molar-refractivity contribution is 0.0878. The maximum Gasteiger partial charge on any atom is 0.265 e. The van der Waals surface area contributed by atoms with E-state index in [0.29, 0.717) is 22.3 Å². The molecule has 7 heteroatoms. The number of H-pyrrole nitrogens is 1. The van der Waals surface area contributed by atoms with Crippen LogP contribution in [0.15, 0.2) is 16.2 Å². The molecule has 0 aliphatic carbocycles. The van der Waals surface area contributed by atoms with Gasteiger partial charge in [0.15, 0.2) is 0 Å². The molecule has 0 aromatic carbocycles. The van der Waals surface area contributed by atoms with Gasteiger partial charge in [0.25, 0.3) is 11.5 Å². The van der Waals surface area contributed by atoms with Crippen LogP contribution in [0.1, 0.15) is 36.0 Å². The first kappa shape index (κ1) is 14.7. The summed E-state index contributed by atoms with van der Waals surface area (Å²) in [5, 5.41) is 15.5. The average Bonchev–Trinajstić information content (AvgIpc) is 3.02. The first-order valence-corrected chi connectivity index (χ1v) is 8.78. The minimum absolute atomic E-state index is 0.0631. The van der Waals surface area contributed by atoms with Gasteiger partial charge < -0.3 is 20.3 Å². The molecule has 2 aromatic heterocycles. The standard InChI is InChI=1S/C16H19N3O3S/c1-19-9-2-3-10(19)7-8(6-9)17-14(21)12-13(20)11-4-5-23-16(11)18-15(12)22/h4-5,8-10H,2-3,6-7H2,1H3,(H,17,21)(H2,18,20,22). The molecule has 2 bridgehead atoms. The summed E-state index contributed by atoms with van der Waals surface area (Å²) >= 11 is 1.33. The monoisotopic (exact) mass is 333 g/mol. The van der Waals surface area contributed by atoms with Crippen molar-refractivity contribution in [2.45, 2.75) is 43.8 Å². The quantitative estimate of drug-likeness (QED) is 0.780. The molecule has 0 saturated carbocycles. The third kappa shape index (κ3) is 2.35. The number of piperidine rings is 1. The minimum Gasteiger partial charge on any atom is -0.506 e. The molecule has 0 radical (unpaired) electrons. The summed E-state index contributed by atoms with van der Waals surface area (Å²) in [6.07, 6.45) is 4.14. The molecule has 0 spiro atoms. The van der Waals surface area contributed by atoms with Crippen molar-refractivity contribution >= 4 is 27.5 Å². The van der Waals surface area contributed by atoms with Crippen LogP contribution in [0.4, 0.5) is 0 Å². The highest BCUT2D eigenvalue weighted by atomic mass is 32.1. The molecule has 2 unspecified atom stereocenters. The highest BCUT2D eigenvalue weighted by molar-refractivity contribution is 7.16. The van der Waals surface area contributed by atoms with Crippen molar-refractivity contribution < 1.29 is 9.90 Å². The maximum absolute atomic E-state index is 12.5. The molecule has 1 amide bonds. The normalized spacial score (nSPS) is 27.4.